The summed E-state index contributed by atoms with van der Waals surface area (Å²) in [6.07, 6.45) is 2.69. The summed E-state index contributed by atoms with van der Waals surface area (Å²) in [7, 11) is -2.57. The highest BCUT2D eigenvalue weighted by Crippen LogP contribution is 2.25. The zero-order valence-corrected chi connectivity index (χ0v) is 17.8. The summed E-state index contributed by atoms with van der Waals surface area (Å²) in [5.74, 6) is -0.160. The first kappa shape index (κ1) is 22.0. The first-order valence-corrected chi connectivity index (χ1v) is 10.7. The largest absolute Gasteiger partial charge is 0.497 e. The predicted molar refractivity (Wildman–Crippen MR) is 117 cm³/mol. The van der Waals surface area contributed by atoms with E-state index in [2.05, 4.69) is 10.3 Å². The SMILES string of the molecule is COc1ccc(N(CC(=O)Nc2cccc(C(C)=O)c2)S(=O)(=O)c2cccnc2)cc1. The predicted octanol–water partition coefficient (Wildman–Crippen LogP) is 3.13. The fraction of sp³-hybridized carbons (Fsp3) is 0.136. The van der Waals surface area contributed by atoms with Crippen molar-refractivity contribution in [2.45, 2.75) is 11.8 Å². The second-order valence-electron chi connectivity index (χ2n) is 6.58. The number of hydrogen-bond acceptors (Lipinski definition) is 6. The Morgan fingerprint density at radius 2 is 1.81 bits per heavy atom. The molecule has 0 aliphatic rings. The number of nitrogens with one attached hydrogen (secondary N) is 1. The number of sulfonamides is 1. The maximum atomic E-state index is 13.2. The van der Waals surface area contributed by atoms with Crippen molar-refractivity contribution < 1.29 is 22.7 Å². The number of ketones is 1. The zero-order chi connectivity index (χ0) is 22.4. The van der Waals surface area contributed by atoms with Gasteiger partial charge in [-0.15, -0.1) is 0 Å². The number of rotatable bonds is 8. The van der Waals surface area contributed by atoms with Crippen LogP contribution >= 0.6 is 0 Å². The average molecular weight is 439 g/mol. The van der Waals surface area contributed by atoms with Crippen LogP contribution in [0, 0.1) is 0 Å². The molecule has 0 saturated carbocycles. The molecule has 1 N–H and O–H groups in total. The normalized spacial score (nSPS) is 10.9. The number of amides is 1. The molecule has 2 aromatic carbocycles. The van der Waals surface area contributed by atoms with E-state index in [0.29, 0.717) is 17.0 Å². The van der Waals surface area contributed by atoms with E-state index in [1.807, 2.05) is 0 Å². The summed E-state index contributed by atoms with van der Waals surface area (Å²) >= 11 is 0. The Bertz CT molecular complexity index is 1180. The molecule has 1 amide bonds. The highest BCUT2D eigenvalue weighted by atomic mass is 32.2. The minimum absolute atomic E-state index is 0.0443. The van der Waals surface area contributed by atoms with E-state index in [4.69, 9.17) is 4.74 Å². The lowest BCUT2D eigenvalue weighted by molar-refractivity contribution is -0.114. The van der Waals surface area contributed by atoms with E-state index in [1.54, 1.807) is 42.5 Å². The molecule has 8 nitrogen and oxygen atoms in total. The Morgan fingerprint density at radius 1 is 1.06 bits per heavy atom. The van der Waals surface area contributed by atoms with Gasteiger partial charge in [0.15, 0.2) is 5.78 Å². The molecule has 0 fully saturated rings. The van der Waals surface area contributed by atoms with Gasteiger partial charge in [0.1, 0.15) is 17.2 Å². The van der Waals surface area contributed by atoms with Gasteiger partial charge in [-0.25, -0.2) is 8.42 Å². The lowest BCUT2D eigenvalue weighted by Gasteiger charge is -2.24. The second kappa shape index (κ2) is 9.40. The number of ether oxygens (including phenoxy) is 1. The summed E-state index contributed by atoms with van der Waals surface area (Å²) in [6, 6.07) is 15.7. The number of hydrogen-bond donors (Lipinski definition) is 1. The number of pyridine rings is 1. The molecule has 0 bridgehead atoms. The molecule has 1 heterocycles. The molecule has 0 spiro atoms. The Morgan fingerprint density at radius 3 is 2.42 bits per heavy atom. The fourth-order valence-corrected chi connectivity index (χ4v) is 4.22. The topological polar surface area (TPSA) is 106 Å². The standard InChI is InChI=1S/C22H21N3O5S/c1-16(26)17-5-3-6-18(13-17)24-22(27)15-25(19-8-10-20(30-2)11-9-19)31(28,29)21-7-4-12-23-14-21/h3-14H,15H2,1-2H3,(H,24,27). The molecule has 0 radical (unpaired) electrons. The molecule has 160 valence electrons. The van der Waals surface area contributed by atoms with E-state index in [0.717, 1.165) is 4.31 Å². The van der Waals surface area contributed by atoms with Crippen LogP contribution in [0.3, 0.4) is 0 Å². The van der Waals surface area contributed by atoms with Gasteiger partial charge in [0.05, 0.1) is 12.8 Å². The van der Waals surface area contributed by atoms with Gasteiger partial charge in [-0.05, 0) is 55.5 Å². The van der Waals surface area contributed by atoms with E-state index in [-0.39, 0.29) is 16.4 Å². The van der Waals surface area contributed by atoms with Crippen LogP contribution in [0.4, 0.5) is 11.4 Å². The van der Waals surface area contributed by atoms with Gasteiger partial charge in [0.2, 0.25) is 5.91 Å². The minimum atomic E-state index is -4.07. The van der Waals surface area contributed by atoms with Crippen LogP contribution in [0.15, 0.2) is 78.0 Å². The Balaban J connectivity index is 1.92. The van der Waals surface area contributed by atoms with E-state index < -0.39 is 22.5 Å². The van der Waals surface area contributed by atoms with E-state index in [1.165, 1.54) is 44.6 Å². The van der Waals surface area contributed by atoms with Gasteiger partial charge in [0.25, 0.3) is 10.0 Å². The third-order valence-corrected chi connectivity index (χ3v) is 6.18. The molecule has 9 heteroatoms. The summed E-state index contributed by atoms with van der Waals surface area (Å²) in [5, 5.41) is 2.65. The number of anilines is 2. The lowest BCUT2D eigenvalue weighted by Crippen LogP contribution is -2.38. The van der Waals surface area contributed by atoms with Crippen molar-refractivity contribution in [1.82, 2.24) is 4.98 Å². The van der Waals surface area contributed by atoms with Crippen molar-refractivity contribution >= 4 is 33.1 Å². The number of Topliss-reactive ketones (excluding diaryl/α,β-unsaturated/α-hetero) is 1. The van der Waals surface area contributed by atoms with Crippen LogP contribution in [0.1, 0.15) is 17.3 Å². The lowest BCUT2D eigenvalue weighted by atomic mass is 10.1. The molecular weight excluding hydrogens is 418 g/mol. The number of nitrogens with zero attached hydrogens (tertiary/aromatic N) is 2. The van der Waals surface area contributed by atoms with Crippen LogP contribution in [0.5, 0.6) is 5.75 Å². The van der Waals surface area contributed by atoms with Crippen molar-refractivity contribution in [3.05, 3.63) is 78.6 Å². The molecule has 0 saturated heterocycles. The molecule has 31 heavy (non-hydrogen) atoms. The summed E-state index contributed by atoms with van der Waals surface area (Å²) in [5.41, 5.74) is 1.12. The van der Waals surface area contributed by atoms with Crippen LogP contribution in [0.25, 0.3) is 0 Å². The van der Waals surface area contributed by atoms with E-state index in [9.17, 15) is 18.0 Å². The number of benzene rings is 2. The van der Waals surface area contributed by atoms with Crippen molar-refractivity contribution in [2.24, 2.45) is 0 Å². The maximum absolute atomic E-state index is 13.2. The van der Waals surface area contributed by atoms with Gasteiger partial charge < -0.3 is 10.1 Å². The van der Waals surface area contributed by atoms with Crippen molar-refractivity contribution in [1.29, 1.82) is 0 Å². The maximum Gasteiger partial charge on any atom is 0.266 e. The third kappa shape index (κ3) is 5.26. The number of carbonyl (C=O) groups excluding carboxylic acids is 2. The van der Waals surface area contributed by atoms with Gasteiger partial charge in [0, 0.05) is 23.6 Å². The van der Waals surface area contributed by atoms with Gasteiger partial charge in [-0.3, -0.25) is 18.9 Å². The fourth-order valence-electron chi connectivity index (χ4n) is 2.84. The monoisotopic (exact) mass is 439 g/mol. The number of aromatic nitrogens is 1. The summed E-state index contributed by atoms with van der Waals surface area (Å²) in [6.45, 7) is 0.945. The molecular formula is C22H21N3O5S. The quantitative estimate of drug-likeness (QED) is 0.541. The Kier molecular flexibility index (Phi) is 6.66. The molecule has 0 atom stereocenters. The number of methoxy groups -OCH3 is 1. The first-order chi connectivity index (χ1) is 14.8. The van der Waals surface area contributed by atoms with Gasteiger partial charge in [-0.1, -0.05) is 12.1 Å². The van der Waals surface area contributed by atoms with Crippen molar-refractivity contribution in [3.8, 4) is 5.75 Å². The molecule has 3 rings (SSSR count). The highest BCUT2D eigenvalue weighted by molar-refractivity contribution is 7.92. The van der Waals surface area contributed by atoms with Crippen molar-refractivity contribution in [3.63, 3.8) is 0 Å². The molecule has 0 aliphatic heterocycles. The molecule has 1 aromatic heterocycles. The minimum Gasteiger partial charge on any atom is -0.497 e. The molecule has 0 unspecified atom stereocenters. The van der Waals surface area contributed by atoms with E-state index >= 15 is 0 Å². The third-order valence-electron chi connectivity index (χ3n) is 4.42. The van der Waals surface area contributed by atoms with Crippen LogP contribution in [0.2, 0.25) is 0 Å². The summed E-state index contributed by atoms with van der Waals surface area (Å²) < 4.78 is 32.6. The molecule has 0 aliphatic carbocycles. The van der Waals surface area contributed by atoms with Gasteiger partial charge >= 0.3 is 0 Å². The summed E-state index contributed by atoms with van der Waals surface area (Å²) in [4.78, 5) is 28.1. The van der Waals surface area contributed by atoms with Crippen LogP contribution < -0.4 is 14.4 Å². The smallest absolute Gasteiger partial charge is 0.266 e. The highest BCUT2D eigenvalue weighted by Gasteiger charge is 2.27. The Hall–Kier alpha value is -3.72. The zero-order valence-electron chi connectivity index (χ0n) is 17.0. The first-order valence-electron chi connectivity index (χ1n) is 9.29. The Labute approximate surface area is 180 Å². The van der Waals surface area contributed by atoms with Crippen LogP contribution in [-0.4, -0.2) is 38.7 Å². The van der Waals surface area contributed by atoms with Gasteiger partial charge in [-0.2, -0.15) is 0 Å². The van der Waals surface area contributed by atoms with Crippen molar-refractivity contribution in [2.75, 3.05) is 23.3 Å². The average Bonchev–Trinajstić information content (AvgIpc) is 2.78. The van der Waals surface area contributed by atoms with Crippen LogP contribution in [-0.2, 0) is 14.8 Å². The second-order valence-corrected chi connectivity index (χ2v) is 8.45. The molecule has 3 aromatic rings. The number of carbonyl (C=O) groups is 2.